The second-order valence-electron chi connectivity index (χ2n) is 5.22. The Hall–Kier alpha value is -1.35. The molecule has 0 aliphatic carbocycles. The maximum absolute atomic E-state index is 12.6. The van der Waals surface area contributed by atoms with Crippen molar-refractivity contribution in [2.75, 3.05) is 19.6 Å². The quantitative estimate of drug-likeness (QED) is 0.819. The summed E-state index contributed by atoms with van der Waals surface area (Å²) >= 11 is 0. The molecular formula is C15H20N2O. The number of nitrogens with zero attached hydrogens (tertiary/aromatic N) is 1. The van der Waals surface area contributed by atoms with Gasteiger partial charge in [-0.05, 0) is 49.4 Å². The molecule has 2 aliphatic rings. The maximum atomic E-state index is 12.6. The number of rotatable bonds is 1. The van der Waals surface area contributed by atoms with Gasteiger partial charge in [-0.25, -0.2) is 0 Å². The van der Waals surface area contributed by atoms with Crippen LogP contribution < -0.4 is 5.32 Å². The van der Waals surface area contributed by atoms with E-state index in [1.807, 2.05) is 17.0 Å². The molecular weight excluding hydrogens is 224 g/mol. The van der Waals surface area contributed by atoms with Crippen molar-refractivity contribution < 1.29 is 4.79 Å². The Morgan fingerprint density at radius 1 is 1.17 bits per heavy atom. The van der Waals surface area contributed by atoms with E-state index in [2.05, 4.69) is 11.4 Å². The molecule has 0 atom stereocenters. The minimum Gasteiger partial charge on any atom is -0.339 e. The lowest BCUT2D eigenvalue weighted by molar-refractivity contribution is 0.0722. The van der Waals surface area contributed by atoms with Gasteiger partial charge in [-0.1, -0.05) is 12.1 Å². The number of hydrogen-bond acceptors (Lipinski definition) is 2. The lowest BCUT2D eigenvalue weighted by Crippen LogP contribution is -2.37. The SMILES string of the molecule is O=C(c1cccc2c1CNCC2)N1CCCCC1. The Kier molecular flexibility index (Phi) is 3.33. The summed E-state index contributed by atoms with van der Waals surface area (Å²) in [4.78, 5) is 14.6. The highest BCUT2D eigenvalue weighted by Gasteiger charge is 2.22. The predicted octanol–water partition coefficient (Wildman–Crippen LogP) is 1.96. The molecule has 1 fully saturated rings. The van der Waals surface area contributed by atoms with Crippen LogP contribution in [0.4, 0.5) is 0 Å². The molecule has 1 aromatic rings. The number of fused-ring (bicyclic) bond motifs is 1. The lowest BCUT2D eigenvalue weighted by atomic mass is 9.95. The van der Waals surface area contributed by atoms with Gasteiger partial charge in [0.05, 0.1) is 0 Å². The van der Waals surface area contributed by atoms with Crippen LogP contribution in [0.2, 0.25) is 0 Å². The van der Waals surface area contributed by atoms with Crippen molar-refractivity contribution in [3.63, 3.8) is 0 Å². The van der Waals surface area contributed by atoms with Crippen LogP contribution in [0.1, 0.15) is 40.7 Å². The monoisotopic (exact) mass is 244 g/mol. The van der Waals surface area contributed by atoms with Gasteiger partial charge in [-0.2, -0.15) is 0 Å². The van der Waals surface area contributed by atoms with E-state index in [1.165, 1.54) is 17.5 Å². The Bertz CT molecular complexity index is 450. The van der Waals surface area contributed by atoms with Gasteiger partial charge in [0.25, 0.3) is 5.91 Å². The first-order valence-electron chi connectivity index (χ1n) is 6.97. The van der Waals surface area contributed by atoms with Crippen molar-refractivity contribution in [3.05, 3.63) is 34.9 Å². The molecule has 1 amide bonds. The zero-order valence-corrected chi connectivity index (χ0v) is 10.7. The Balaban J connectivity index is 1.89. The predicted molar refractivity (Wildman–Crippen MR) is 71.6 cm³/mol. The molecule has 1 saturated heterocycles. The smallest absolute Gasteiger partial charge is 0.254 e. The largest absolute Gasteiger partial charge is 0.339 e. The van der Waals surface area contributed by atoms with Gasteiger partial charge >= 0.3 is 0 Å². The zero-order valence-electron chi connectivity index (χ0n) is 10.7. The average molecular weight is 244 g/mol. The fourth-order valence-corrected chi connectivity index (χ4v) is 2.98. The summed E-state index contributed by atoms with van der Waals surface area (Å²) in [6, 6.07) is 6.17. The molecule has 0 aromatic heterocycles. The zero-order chi connectivity index (χ0) is 12.4. The summed E-state index contributed by atoms with van der Waals surface area (Å²) in [6.07, 6.45) is 4.60. The van der Waals surface area contributed by atoms with E-state index in [0.29, 0.717) is 0 Å². The first-order valence-corrected chi connectivity index (χ1v) is 6.97. The van der Waals surface area contributed by atoms with Gasteiger partial charge in [-0.3, -0.25) is 4.79 Å². The van der Waals surface area contributed by atoms with Crippen LogP contribution in [0.5, 0.6) is 0 Å². The third kappa shape index (κ3) is 2.15. The van der Waals surface area contributed by atoms with Gasteiger partial charge in [-0.15, -0.1) is 0 Å². The fraction of sp³-hybridized carbons (Fsp3) is 0.533. The number of piperidine rings is 1. The summed E-state index contributed by atoms with van der Waals surface area (Å²) in [5.41, 5.74) is 3.48. The summed E-state index contributed by atoms with van der Waals surface area (Å²) in [7, 11) is 0. The van der Waals surface area contributed by atoms with Crippen LogP contribution >= 0.6 is 0 Å². The third-order valence-electron chi connectivity index (χ3n) is 4.02. The number of nitrogens with one attached hydrogen (secondary N) is 1. The van der Waals surface area contributed by atoms with Crippen molar-refractivity contribution in [2.45, 2.75) is 32.2 Å². The van der Waals surface area contributed by atoms with Crippen molar-refractivity contribution in [3.8, 4) is 0 Å². The highest BCUT2D eigenvalue weighted by molar-refractivity contribution is 5.96. The van der Waals surface area contributed by atoms with Crippen LogP contribution in [0, 0.1) is 0 Å². The summed E-state index contributed by atoms with van der Waals surface area (Å²) in [6.45, 7) is 3.71. The van der Waals surface area contributed by atoms with Crippen molar-refractivity contribution in [1.29, 1.82) is 0 Å². The molecule has 0 saturated carbocycles. The van der Waals surface area contributed by atoms with Crippen molar-refractivity contribution in [2.24, 2.45) is 0 Å². The molecule has 0 spiro atoms. The summed E-state index contributed by atoms with van der Waals surface area (Å²) in [5.74, 6) is 0.232. The molecule has 1 aromatic carbocycles. The molecule has 3 nitrogen and oxygen atoms in total. The number of carbonyl (C=O) groups excluding carboxylic acids is 1. The molecule has 2 aliphatic heterocycles. The van der Waals surface area contributed by atoms with Gasteiger partial charge < -0.3 is 10.2 Å². The van der Waals surface area contributed by atoms with Gasteiger partial charge in [0.1, 0.15) is 0 Å². The minimum absolute atomic E-state index is 0.232. The normalized spacial score (nSPS) is 19.4. The van der Waals surface area contributed by atoms with Gasteiger partial charge in [0.15, 0.2) is 0 Å². The van der Waals surface area contributed by atoms with Gasteiger partial charge in [0, 0.05) is 25.2 Å². The third-order valence-corrected chi connectivity index (χ3v) is 4.02. The van der Waals surface area contributed by atoms with Crippen LogP contribution in [-0.4, -0.2) is 30.4 Å². The summed E-state index contributed by atoms with van der Waals surface area (Å²) < 4.78 is 0. The Morgan fingerprint density at radius 3 is 2.83 bits per heavy atom. The van der Waals surface area contributed by atoms with Crippen LogP contribution in [0.3, 0.4) is 0 Å². The number of benzene rings is 1. The number of hydrogen-bond donors (Lipinski definition) is 1. The standard InChI is InChI=1S/C15H20N2O/c18-15(17-9-2-1-3-10-17)13-6-4-5-12-7-8-16-11-14(12)13/h4-6,16H,1-3,7-11H2. The van der Waals surface area contributed by atoms with Crippen molar-refractivity contribution >= 4 is 5.91 Å². The van der Waals surface area contributed by atoms with E-state index in [9.17, 15) is 4.79 Å². The molecule has 96 valence electrons. The Labute approximate surface area is 108 Å². The first kappa shape index (κ1) is 11.7. The van der Waals surface area contributed by atoms with Gasteiger partial charge in [0.2, 0.25) is 0 Å². The van der Waals surface area contributed by atoms with E-state index >= 15 is 0 Å². The number of likely N-dealkylation sites (tertiary alicyclic amines) is 1. The van der Waals surface area contributed by atoms with E-state index in [-0.39, 0.29) is 5.91 Å². The van der Waals surface area contributed by atoms with Crippen LogP contribution in [0.25, 0.3) is 0 Å². The van der Waals surface area contributed by atoms with E-state index < -0.39 is 0 Å². The molecule has 2 heterocycles. The maximum Gasteiger partial charge on any atom is 0.254 e. The molecule has 1 N–H and O–H groups in total. The van der Waals surface area contributed by atoms with Crippen molar-refractivity contribution in [1.82, 2.24) is 10.2 Å². The molecule has 3 heteroatoms. The molecule has 0 bridgehead atoms. The molecule has 0 unspecified atom stereocenters. The van der Waals surface area contributed by atoms with Crippen LogP contribution in [0.15, 0.2) is 18.2 Å². The molecule has 3 rings (SSSR count). The van der Waals surface area contributed by atoms with E-state index in [0.717, 1.165) is 51.0 Å². The topological polar surface area (TPSA) is 32.3 Å². The Morgan fingerprint density at radius 2 is 2.00 bits per heavy atom. The highest BCUT2D eigenvalue weighted by atomic mass is 16.2. The van der Waals surface area contributed by atoms with E-state index in [4.69, 9.17) is 0 Å². The first-order chi connectivity index (χ1) is 8.86. The minimum atomic E-state index is 0.232. The van der Waals surface area contributed by atoms with E-state index in [1.54, 1.807) is 0 Å². The van der Waals surface area contributed by atoms with Crippen LogP contribution in [-0.2, 0) is 13.0 Å². The number of carbonyl (C=O) groups is 1. The fourth-order valence-electron chi connectivity index (χ4n) is 2.98. The molecule has 18 heavy (non-hydrogen) atoms. The highest BCUT2D eigenvalue weighted by Crippen LogP contribution is 2.21. The second-order valence-corrected chi connectivity index (χ2v) is 5.22. The second kappa shape index (κ2) is 5.11. The lowest BCUT2D eigenvalue weighted by Gasteiger charge is -2.29. The number of amides is 1. The molecule has 0 radical (unpaired) electrons. The average Bonchev–Trinajstić information content (AvgIpc) is 2.47. The summed E-state index contributed by atoms with van der Waals surface area (Å²) in [5, 5.41) is 3.37.